The van der Waals surface area contributed by atoms with E-state index >= 15 is 0 Å². The van der Waals surface area contributed by atoms with Gasteiger partial charge in [0.2, 0.25) is 0 Å². The van der Waals surface area contributed by atoms with Crippen LogP contribution in [0.2, 0.25) is 0 Å². The van der Waals surface area contributed by atoms with Crippen molar-refractivity contribution >= 4 is 5.97 Å². The van der Waals surface area contributed by atoms with Crippen LogP contribution in [0.1, 0.15) is 21.5 Å². The van der Waals surface area contributed by atoms with Gasteiger partial charge >= 0.3 is 5.97 Å². The predicted octanol–water partition coefficient (Wildman–Crippen LogP) is 1.14. The van der Waals surface area contributed by atoms with Crippen LogP contribution in [-0.4, -0.2) is 32.8 Å². The summed E-state index contributed by atoms with van der Waals surface area (Å²) in [5.41, 5.74) is 3.12. The van der Waals surface area contributed by atoms with Gasteiger partial charge < -0.3 is 14.8 Å². The summed E-state index contributed by atoms with van der Waals surface area (Å²) in [5.74, 6) is -0.282. The Hall–Kier alpha value is -1.39. The van der Waals surface area contributed by atoms with Gasteiger partial charge in [-0.15, -0.1) is 0 Å². The zero-order chi connectivity index (χ0) is 12.1. The Kier molecular flexibility index (Phi) is 4.12. The van der Waals surface area contributed by atoms with E-state index in [0.717, 1.165) is 19.5 Å². The van der Waals surface area contributed by atoms with Crippen LogP contribution in [0.25, 0.3) is 0 Å². The van der Waals surface area contributed by atoms with Gasteiger partial charge in [-0.05, 0) is 36.2 Å². The Balaban J connectivity index is 2.03. The van der Waals surface area contributed by atoms with E-state index in [2.05, 4.69) is 5.32 Å². The fourth-order valence-corrected chi connectivity index (χ4v) is 1.91. The van der Waals surface area contributed by atoms with Crippen LogP contribution in [-0.2, 0) is 22.4 Å². The highest BCUT2D eigenvalue weighted by atomic mass is 16.6. The summed E-state index contributed by atoms with van der Waals surface area (Å²) in [6.45, 7) is 2.56. The third-order valence-electron chi connectivity index (χ3n) is 2.85. The van der Waals surface area contributed by atoms with Crippen molar-refractivity contribution in [3.05, 3.63) is 34.9 Å². The summed E-state index contributed by atoms with van der Waals surface area (Å²) < 4.78 is 9.91. The molecule has 0 aromatic heterocycles. The lowest BCUT2D eigenvalue weighted by Crippen LogP contribution is -2.24. The molecule has 0 spiro atoms. The van der Waals surface area contributed by atoms with Crippen LogP contribution in [0.4, 0.5) is 0 Å². The molecule has 0 radical (unpaired) electrons. The molecule has 1 aliphatic rings. The first-order valence-electron chi connectivity index (χ1n) is 5.80. The largest absolute Gasteiger partial charge is 0.460 e. The van der Waals surface area contributed by atoms with Crippen molar-refractivity contribution in [1.82, 2.24) is 5.32 Å². The molecule has 0 atom stereocenters. The summed E-state index contributed by atoms with van der Waals surface area (Å²) in [5, 5.41) is 3.29. The van der Waals surface area contributed by atoms with E-state index in [1.165, 1.54) is 11.1 Å². The molecule has 1 heterocycles. The number of fused-ring (bicyclic) bond motifs is 1. The molecule has 1 aliphatic heterocycles. The van der Waals surface area contributed by atoms with Gasteiger partial charge in [-0.25, -0.2) is 4.79 Å². The number of ether oxygens (including phenoxy) is 2. The molecule has 1 aromatic rings. The Morgan fingerprint density at radius 1 is 1.35 bits per heavy atom. The first kappa shape index (κ1) is 12.1. The minimum Gasteiger partial charge on any atom is -0.460 e. The van der Waals surface area contributed by atoms with Gasteiger partial charge in [-0.3, -0.25) is 0 Å². The van der Waals surface area contributed by atoms with Crippen molar-refractivity contribution < 1.29 is 14.3 Å². The number of carbonyl (C=O) groups excluding carboxylic acids is 1. The summed E-state index contributed by atoms with van der Waals surface area (Å²) in [4.78, 5) is 11.7. The number of hydrogen-bond donors (Lipinski definition) is 1. The minimum atomic E-state index is -0.282. The molecule has 2 rings (SSSR count). The van der Waals surface area contributed by atoms with Crippen LogP contribution < -0.4 is 5.32 Å². The molecule has 4 heteroatoms. The highest BCUT2D eigenvalue weighted by molar-refractivity contribution is 5.89. The van der Waals surface area contributed by atoms with Gasteiger partial charge in [-0.2, -0.15) is 0 Å². The Morgan fingerprint density at radius 3 is 3.06 bits per heavy atom. The Labute approximate surface area is 101 Å². The van der Waals surface area contributed by atoms with Crippen molar-refractivity contribution in [2.45, 2.75) is 13.0 Å². The molecule has 17 heavy (non-hydrogen) atoms. The third kappa shape index (κ3) is 3.05. The molecular weight excluding hydrogens is 218 g/mol. The maximum Gasteiger partial charge on any atom is 0.338 e. The normalized spacial score (nSPS) is 14.2. The lowest BCUT2D eigenvalue weighted by atomic mass is 9.99. The first-order chi connectivity index (χ1) is 8.31. The number of hydrogen-bond acceptors (Lipinski definition) is 4. The van der Waals surface area contributed by atoms with E-state index in [1.54, 1.807) is 7.11 Å². The van der Waals surface area contributed by atoms with E-state index in [4.69, 9.17) is 9.47 Å². The predicted molar refractivity (Wildman–Crippen MR) is 64.0 cm³/mol. The van der Waals surface area contributed by atoms with E-state index in [9.17, 15) is 4.79 Å². The molecule has 92 valence electrons. The molecule has 0 saturated carbocycles. The van der Waals surface area contributed by atoms with Gasteiger partial charge in [0.1, 0.15) is 6.61 Å². The van der Waals surface area contributed by atoms with Crippen LogP contribution in [0.5, 0.6) is 0 Å². The molecule has 1 aromatic carbocycles. The van der Waals surface area contributed by atoms with E-state index in [-0.39, 0.29) is 5.97 Å². The highest BCUT2D eigenvalue weighted by Crippen LogP contribution is 2.16. The second-order valence-corrected chi connectivity index (χ2v) is 4.04. The second kappa shape index (κ2) is 5.80. The fourth-order valence-electron chi connectivity index (χ4n) is 1.91. The molecule has 0 bridgehead atoms. The Bertz CT molecular complexity index is 404. The minimum absolute atomic E-state index is 0.282. The van der Waals surface area contributed by atoms with Crippen LogP contribution in [0.3, 0.4) is 0 Å². The SMILES string of the molecule is COCCOC(=O)c1ccc2c(c1)CNCC2. The topological polar surface area (TPSA) is 47.6 Å². The first-order valence-corrected chi connectivity index (χ1v) is 5.80. The summed E-state index contributed by atoms with van der Waals surface area (Å²) in [6.07, 6.45) is 1.02. The standard InChI is InChI=1S/C13H17NO3/c1-16-6-7-17-13(15)11-3-2-10-4-5-14-9-12(10)8-11/h2-3,8,14H,4-7,9H2,1H3. The lowest BCUT2D eigenvalue weighted by Gasteiger charge is -2.17. The van der Waals surface area contributed by atoms with E-state index in [0.29, 0.717) is 18.8 Å². The van der Waals surface area contributed by atoms with Crippen LogP contribution >= 0.6 is 0 Å². The van der Waals surface area contributed by atoms with Crippen LogP contribution in [0, 0.1) is 0 Å². The second-order valence-electron chi connectivity index (χ2n) is 4.04. The zero-order valence-corrected chi connectivity index (χ0v) is 9.99. The van der Waals surface area contributed by atoms with Crippen molar-refractivity contribution in [2.24, 2.45) is 0 Å². The van der Waals surface area contributed by atoms with E-state index in [1.807, 2.05) is 18.2 Å². The zero-order valence-electron chi connectivity index (χ0n) is 9.99. The van der Waals surface area contributed by atoms with Crippen molar-refractivity contribution in [2.75, 3.05) is 26.9 Å². The molecule has 4 nitrogen and oxygen atoms in total. The molecule has 1 N–H and O–H groups in total. The van der Waals surface area contributed by atoms with Gasteiger partial charge in [0.05, 0.1) is 12.2 Å². The third-order valence-corrected chi connectivity index (χ3v) is 2.85. The number of nitrogens with one attached hydrogen (secondary N) is 1. The average Bonchev–Trinajstić information content (AvgIpc) is 2.38. The summed E-state index contributed by atoms with van der Waals surface area (Å²) >= 11 is 0. The number of rotatable bonds is 4. The van der Waals surface area contributed by atoms with Gasteiger partial charge in [0.25, 0.3) is 0 Å². The maximum atomic E-state index is 11.7. The van der Waals surface area contributed by atoms with Crippen molar-refractivity contribution in [1.29, 1.82) is 0 Å². The van der Waals surface area contributed by atoms with E-state index < -0.39 is 0 Å². The van der Waals surface area contributed by atoms with Gasteiger partial charge in [-0.1, -0.05) is 6.07 Å². The number of esters is 1. The monoisotopic (exact) mass is 235 g/mol. The number of carbonyl (C=O) groups is 1. The van der Waals surface area contributed by atoms with Gasteiger partial charge in [0.15, 0.2) is 0 Å². The highest BCUT2D eigenvalue weighted by Gasteiger charge is 2.13. The van der Waals surface area contributed by atoms with Crippen LogP contribution in [0.15, 0.2) is 18.2 Å². The van der Waals surface area contributed by atoms with Crippen molar-refractivity contribution in [3.63, 3.8) is 0 Å². The average molecular weight is 235 g/mol. The Morgan fingerprint density at radius 2 is 2.24 bits per heavy atom. The van der Waals surface area contributed by atoms with Crippen molar-refractivity contribution in [3.8, 4) is 0 Å². The molecule has 0 unspecified atom stereocenters. The summed E-state index contributed by atoms with van der Waals surface area (Å²) in [6, 6.07) is 5.76. The number of methoxy groups -OCH3 is 1. The maximum absolute atomic E-state index is 11.7. The van der Waals surface area contributed by atoms with Gasteiger partial charge in [0, 0.05) is 13.7 Å². The quantitative estimate of drug-likeness (QED) is 0.628. The lowest BCUT2D eigenvalue weighted by molar-refractivity contribution is 0.0388. The summed E-state index contributed by atoms with van der Waals surface area (Å²) in [7, 11) is 1.58. The molecule has 0 saturated heterocycles. The molecule has 0 amide bonds. The smallest absolute Gasteiger partial charge is 0.338 e. The molecular formula is C13H17NO3. The molecule has 0 aliphatic carbocycles. The number of benzene rings is 1. The molecule has 0 fully saturated rings. The fraction of sp³-hybridized carbons (Fsp3) is 0.462.